The molecule has 0 saturated heterocycles. The zero-order valence-corrected chi connectivity index (χ0v) is 15.5. The smallest absolute Gasteiger partial charge is 0.156 e. The molecule has 0 aromatic heterocycles. The van der Waals surface area contributed by atoms with E-state index in [0.29, 0.717) is 22.4 Å². The maximum atomic E-state index is 6.23. The Balaban J connectivity index is 2.76. The maximum Gasteiger partial charge on any atom is 0.156 e. The minimum Gasteiger partial charge on any atom is -0.491 e. The van der Waals surface area contributed by atoms with E-state index in [1.54, 1.807) is 0 Å². The van der Waals surface area contributed by atoms with Crippen LogP contribution in [-0.2, 0) is 6.54 Å². The Morgan fingerprint density at radius 3 is 2.00 bits per heavy atom. The zero-order valence-electron chi connectivity index (χ0n) is 13.9. The van der Waals surface area contributed by atoms with Gasteiger partial charge in [-0.1, -0.05) is 44.0 Å². The molecule has 120 valence electrons. The van der Waals surface area contributed by atoms with Crippen LogP contribution in [0.2, 0.25) is 10.0 Å². The summed E-state index contributed by atoms with van der Waals surface area (Å²) in [5, 5.41) is 4.71. The third kappa shape index (κ3) is 6.46. The van der Waals surface area contributed by atoms with E-state index in [1.807, 2.05) is 19.1 Å². The largest absolute Gasteiger partial charge is 0.491 e. The molecule has 1 N–H and O–H groups in total. The highest BCUT2D eigenvalue weighted by Gasteiger charge is 2.24. The quantitative estimate of drug-likeness (QED) is 0.722. The fourth-order valence-electron chi connectivity index (χ4n) is 2.73. The fourth-order valence-corrected chi connectivity index (χ4v) is 3.37. The van der Waals surface area contributed by atoms with E-state index in [2.05, 4.69) is 39.9 Å². The molecular weight excluding hydrogens is 305 g/mol. The summed E-state index contributed by atoms with van der Waals surface area (Å²) < 4.78 is 5.45. The second kappa shape index (κ2) is 7.21. The molecule has 0 atom stereocenters. The molecule has 0 heterocycles. The molecule has 0 aliphatic carbocycles. The maximum absolute atomic E-state index is 6.23. The van der Waals surface area contributed by atoms with Crippen molar-refractivity contribution in [1.82, 2.24) is 5.32 Å². The third-order valence-corrected chi connectivity index (χ3v) is 3.65. The fraction of sp³-hybridized carbons (Fsp3) is 0.647. The summed E-state index contributed by atoms with van der Waals surface area (Å²) in [4.78, 5) is 0. The van der Waals surface area contributed by atoms with Gasteiger partial charge in [0, 0.05) is 12.1 Å². The molecule has 0 fully saturated rings. The van der Waals surface area contributed by atoms with Crippen molar-refractivity contribution in [2.24, 2.45) is 5.41 Å². The van der Waals surface area contributed by atoms with E-state index in [-0.39, 0.29) is 11.0 Å². The van der Waals surface area contributed by atoms with Gasteiger partial charge in [0.2, 0.25) is 0 Å². The van der Waals surface area contributed by atoms with E-state index >= 15 is 0 Å². The molecular formula is C17H27Cl2NO. The molecule has 0 spiro atoms. The first-order chi connectivity index (χ1) is 9.54. The van der Waals surface area contributed by atoms with Gasteiger partial charge < -0.3 is 10.1 Å². The summed E-state index contributed by atoms with van der Waals surface area (Å²) >= 11 is 12.5. The first-order valence-electron chi connectivity index (χ1n) is 7.40. The Morgan fingerprint density at radius 2 is 1.57 bits per heavy atom. The van der Waals surface area contributed by atoms with Crippen LogP contribution in [0.4, 0.5) is 0 Å². The summed E-state index contributed by atoms with van der Waals surface area (Å²) in [7, 11) is 0. The molecule has 2 nitrogen and oxygen atoms in total. The van der Waals surface area contributed by atoms with Gasteiger partial charge in [0.05, 0.1) is 16.7 Å². The SMILES string of the molecule is CCOc1c(Cl)cc(CNC(C)(C)CC(C)(C)C)cc1Cl. The summed E-state index contributed by atoms with van der Waals surface area (Å²) in [5.74, 6) is 0.568. The summed E-state index contributed by atoms with van der Waals surface area (Å²) in [6.07, 6.45) is 1.08. The van der Waals surface area contributed by atoms with Crippen LogP contribution in [-0.4, -0.2) is 12.1 Å². The average molecular weight is 332 g/mol. The van der Waals surface area contributed by atoms with Gasteiger partial charge >= 0.3 is 0 Å². The van der Waals surface area contributed by atoms with Crippen molar-refractivity contribution in [3.05, 3.63) is 27.7 Å². The van der Waals surface area contributed by atoms with E-state index in [4.69, 9.17) is 27.9 Å². The standard InChI is InChI=1S/C17H27Cl2NO/c1-7-21-15-13(18)8-12(9-14(15)19)10-20-17(5,6)11-16(2,3)4/h8-9,20H,7,10-11H2,1-6H3. The van der Waals surface area contributed by atoms with Crippen molar-refractivity contribution in [3.63, 3.8) is 0 Å². The highest BCUT2D eigenvalue weighted by atomic mass is 35.5. The molecule has 0 bridgehead atoms. The molecule has 21 heavy (non-hydrogen) atoms. The van der Waals surface area contributed by atoms with Gasteiger partial charge in [-0.3, -0.25) is 0 Å². The molecule has 0 aliphatic rings. The lowest BCUT2D eigenvalue weighted by Gasteiger charge is -2.33. The minimum absolute atomic E-state index is 0.0514. The third-order valence-electron chi connectivity index (χ3n) is 3.09. The van der Waals surface area contributed by atoms with Crippen molar-refractivity contribution in [3.8, 4) is 5.75 Å². The summed E-state index contributed by atoms with van der Waals surface area (Å²) in [6, 6.07) is 3.83. The van der Waals surface area contributed by atoms with Crippen molar-refractivity contribution in [1.29, 1.82) is 0 Å². The van der Waals surface area contributed by atoms with Crippen LogP contribution < -0.4 is 10.1 Å². The number of ether oxygens (including phenoxy) is 1. The van der Waals surface area contributed by atoms with Gasteiger partial charge in [-0.05, 0) is 50.3 Å². The molecule has 0 saturated carbocycles. The van der Waals surface area contributed by atoms with Crippen LogP contribution in [0.3, 0.4) is 0 Å². The summed E-state index contributed by atoms with van der Waals surface area (Å²) in [6.45, 7) is 14.4. The molecule has 0 aliphatic heterocycles. The second-order valence-corrected chi connectivity index (χ2v) is 8.11. The predicted octanol–water partition coefficient (Wildman–Crippen LogP) is 5.70. The van der Waals surface area contributed by atoms with Gasteiger partial charge in [-0.2, -0.15) is 0 Å². The average Bonchev–Trinajstić information content (AvgIpc) is 2.28. The van der Waals surface area contributed by atoms with Crippen LogP contribution in [0, 0.1) is 5.41 Å². The second-order valence-electron chi connectivity index (χ2n) is 7.30. The normalized spacial score (nSPS) is 12.6. The van der Waals surface area contributed by atoms with Crippen LogP contribution in [0.5, 0.6) is 5.75 Å². The first kappa shape index (κ1) is 18.6. The number of benzene rings is 1. The van der Waals surface area contributed by atoms with Crippen molar-refractivity contribution in [2.45, 2.75) is 60.0 Å². The first-order valence-corrected chi connectivity index (χ1v) is 8.15. The number of hydrogen-bond acceptors (Lipinski definition) is 2. The van der Waals surface area contributed by atoms with Crippen LogP contribution in [0.25, 0.3) is 0 Å². The molecule has 1 aromatic carbocycles. The lowest BCUT2D eigenvalue weighted by atomic mass is 9.82. The van der Waals surface area contributed by atoms with E-state index in [1.165, 1.54) is 0 Å². The van der Waals surface area contributed by atoms with Gasteiger partial charge in [-0.15, -0.1) is 0 Å². The molecule has 1 rings (SSSR count). The molecule has 4 heteroatoms. The van der Waals surface area contributed by atoms with Gasteiger partial charge in [-0.25, -0.2) is 0 Å². The molecule has 0 radical (unpaired) electrons. The predicted molar refractivity (Wildman–Crippen MR) is 92.6 cm³/mol. The van der Waals surface area contributed by atoms with Crippen molar-refractivity contribution in [2.75, 3.05) is 6.61 Å². The zero-order chi connectivity index (χ0) is 16.3. The lowest BCUT2D eigenvalue weighted by Crippen LogP contribution is -2.41. The van der Waals surface area contributed by atoms with Gasteiger partial charge in [0.25, 0.3) is 0 Å². The topological polar surface area (TPSA) is 21.3 Å². The number of nitrogens with one attached hydrogen (secondary N) is 1. The minimum atomic E-state index is 0.0514. The van der Waals surface area contributed by atoms with Crippen LogP contribution >= 0.6 is 23.2 Å². The Bertz CT molecular complexity index is 455. The molecule has 0 unspecified atom stereocenters. The number of halogens is 2. The Hall–Kier alpha value is -0.440. The van der Waals surface area contributed by atoms with Crippen LogP contribution in [0.15, 0.2) is 12.1 Å². The highest BCUT2D eigenvalue weighted by Crippen LogP contribution is 2.34. The van der Waals surface area contributed by atoms with Crippen molar-refractivity contribution >= 4 is 23.2 Å². The van der Waals surface area contributed by atoms with Gasteiger partial charge in [0.1, 0.15) is 0 Å². The van der Waals surface area contributed by atoms with E-state index in [9.17, 15) is 0 Å². The van der Waals surface area contributed by atoms with Crippen LogP contribution in [0.1, 0.15) is 53.5 Å². The molecule has 0 amide bonds. The summed E-state index contributed by atoms with van der Waals surface area (Å²) in [5.41, 5.74) is 1.40. The number of hydrogen-bond donors (Lipinski definition) is 1. The Labute approximate surface area is 139 Å². The van der Waals surface area contributed by atoms with E-state index in [0.717, 1.165) is 18.5 Å². The molecule has 1 aromatic rings. The monoisotopic (exact) mass is 331 g/mol. The lowest BCUT2D eigenvalue weighted by molar-refractivity contribution is 0.240. The van der Waals surface area contributed by atoms with Crippen molar-refractivity contribution < 1.29 is 4.74 Å². The van der Waals surface area contributed by atoms with E-state index < -0.39 is 0 Å². The Morgan fingerprint density at radius 1 is 1.05 bits per heavy atom. The number of rotatable bonds is 6. The Kier molecular flexibility index (Phi) is 6.39. The van der Waals surface area contributed by atoms with Gasteiger partial charge in [0.15, 0.2) is 5.75 Å². The highest BCUT2D eigenvalue weighted by molar-refractivity contribution is 6.37.